The number of hydrogen-bond acceptors (Lipinski definition) is 2. The van der Waals surface area contributed by atoms with Crippen molar-refractivity contribution in [2.45, 2.75) is 39.2 Å². The normalized spacial score (nSPS) is 21.9. The maximum absolute atomic E-state index is 3.28. The van der Waals surface area contributed by atoms with E-state index in [0.717, 1.165) is 5.92 Å². The zero-order valence-electron chi connectivity index (χ0n) is 11.9. The average Bonchev–Trinajstić information content (AvgIpc) is 2.46. The Hall–Kier alpha value is -1.02. The topological polar surface area (TPSA) is 15.3 Å². The Labute approximate surface area is 111 Å². The maximum Gasteiger partial charge on any atom is 0.0366 e. The van der Waals surface area contributed by atoms with E-state index in [4.69, 9.17) is 0 Å². The summed E-state index contributed by atoms with van der Waals surface area (Å²) in [4.78, 5) is 2.55. The van der Waals surface area contributed by atoms with Crippen LogP contribution in [0.4, 0.5) is 5.69 Å². The molecular weight excluding hydrogens is 220 g/mol. The second-order valence-electron chi connectivity index (χ2n) is 5.46. The lowest BCUT2D eigenvalue weighted by molar-refractivity contribution is 0.404. The van der Waals surface area contributed by atoms with Gasteiger partial charge in [-0.25, -0.2) is 0 Å². The first-order valence-corrected chi connectivity index (χ1v) is 7.26. The number of hydrogen-bond donors (Lipinski definition) is 1. The van der Waals surface area contributed by atoms with Gasteiger partial charge in [-0.1, -0.05) is 25.5 Å². The van der Waals surface area contributed by atoms with E-state index >= 15 is 0 Å². The minimum Gasteiger partial charge on any atom is -0.371 e. The first-order chi connectivity index (χ1) is 8.74. The van der Waals surface area contributed by atoms with E-state index in [9.17, 15) is 0 Å². The van der Waals surface area contributed by atoms with Gasteiger partial charge in [0, 0.05) is 24.8 Å². The van der Waals surface area contributed by atoms with Gasteiger partial charge in [0.15, 0.2) is 0 Å². The molecule has 2 nitrogen and oxygen atoms in total. The standard InChI is InChI=1S/C16H26N2/c1-4-14-6-5-11-18(12-14)16-9-7-15(8-10-16)13(2)17-3/h7-10,13-14,17H,4-6,11-12H2,1-3H3. The van der Waals surface area contributed by atoms with Crippen LogP contribution in [0, 0.1) is 5.92 Å². The van der Waals surface area contributed by atoms with Gasteiger partial charge in [-0.2, -0.15) is 0 Å². The van der Waals surface area contributed by atoms with Crippen LogP contribution in [0.1, 0.15) is 44.7 Å². The van der Waals surface area contributed by atoms with Crippen LogP contribution in [0.3, 0.4) is 0 Å². The minimum absolute atomic E-state index is 0.434. The number of rotatable bonds is 4. The molecule has 0 aromatic heterocycles. The van der Waals surface area contributed by atoms with Crippen LogP contribution in [0.15, 0.2) is 24.3 Å². The van der Waals surface area contributed by atoms with E-state index in [1.54, 1.807) is 0 Å². The summed E-state index contributed by atoms with van der Waals surface area (Å²) in [6.45, 7) is 6.96. The molecule has 1 heterocycles. The lowest BCUT2D eigenvalue weighted by Crippen LogP contribution is -2.35. The number of piperidine rings is 1. The Morgan fingerprint density at radius 1 is 1.33 bits per heavy atom. The second kappa shape index (κ2) is 6.24. The van der Waals surface area contributed by atoms with Crippen molar-refractivity contribution in [2.24, 2.45) is 5.92 Å². The molecule has 0 saturated carbocycles. The van der Waals surface area contributed by atoms with E-state index in [0.29, 0.717) is 6.04 Å². The SMILES string of the molecule is CCC1CCCN(c2ccc(C(C)NC)cc2)C1. The molecule has 0 spiro atoms. The van der Waals surface area contributed by atoms with E-state index in [-0.39, 0.29) is 0 Å². The third-order valence-corrected chi connectivity index (χ3v) is 4.29. The monoisotopic (exact) mass is 246 g/mol. The van der Waals surface area contributed by atoms with Crippen LogP contribution >= 0.6 is 0 Å². The van der Waals surface area contributed by atoms with Gasteiger partial charge in [-0.05, 0) is 50.4 Å². The Kier molecular flexibility index (Phi) is 4.65. The molecule has 1 N–H and O–H groups in total. The quantitative estimate of drug-likeness (QED) is 0.873. The molecule has 1 saturated heterocycles. The molecule has 0 aliphatic carbocycles. The molecular formula is C16H26N2. The molecule has 0 amide bonds. The Morgan fingerprint density at radius 3 is 2.67 bits per heavy atom. The fourth-order valence-electron chi connectivity index (χ4n) is 2.77. The van der Waals surface area contributed by atoms with Crippen molar-refractivity contribution in [3.8, 4) is 0 Å². The number of benzene rings is 1. The van der Waals surface area contributed by atoms with Gasteiger partial charge in [-0.3, -0.25) is 0 Å². The highest BCUT2D eigenvalue weighted by Crippen LogP contribution is 2.25. The highest BCUT2D eigenvalue weighted by Gasteiger charge is 2.18. The van der Waals surface area contributed by atoms with Gasteiger partial charge in [0.1, 0.15) is 0 Å². The van der Waals surface area contributed by atoms with Crippen molar-refractivity contribution in [1.82, 2.24) is 5.32 Å². The summed E-state index contributed by atoms with van der Waals surface area (Å²) < 4.78 is 0. The van der Waals surface area contributed by atoms with E-state index in [1.165, 1.54) is 43.6 Å². The maximum atomic E-state index is 3.28. The molecule has 0 bridgehead atoms. The van der Waals surface area contributed by atoms with Crippen molar-refractivity contribution in [3.63, 3.8) is 0 Å². The molecule has 1 aromatic carbocycles. The molecule has 2 atom stereocenters. The van der Waals surface area contributed by atoms with Gasteiger partial charge < -0.3 is 10.2 Å². The van der Waals surface area contributed by atoms with Gasteiger partial charge in [0.05, 0.1) is 0 Å². The first kappa shape index (κ1) is 13.4. The van der Waals surface area contributed by atoms with E-state index < -0.39 is 0 Å². The lowest BCUT2D eigenvalue weighted by atomic mass is 9.95. The summed E-state index contributed by atoms with van der Waals surface area (Å²) in [5, 5.41) is 3.28. The van der Waals surface area contributed by atoms with Crippen LogP contribution in [0.25, 0.3) is 0 Å². The molecule has 100 valence electrons. The Bertz CT molecular complexity index is 358. The largest absolute Gasteiger partial charge is 0.371 e. The zero-order valence-corrected chi connectivity index (χ0v) is 11.9. The summed E-state index contributed by atoms with van der Waals surface area (Å²) in [6.07, 6.45) is 4.06. The molecule has 0 radical (unpaired) electrons. The van der Waals surface area contributed by atoms with E-state index in [2.05, 4.69) is 48.3 Å². The third kappa shape index (κ3) is 3.05. The van der Waals surface area contributed by atoms with Crippen LogP contribution in [-0.4, -0.2) is 20.1 Å². The van der Waals surface area contributed by atoms with Crippen LogP contribution < -0.4 is 10.2 Å². The predicted octanol–water partition coefficient (Wildman–Crippen LogP) is 3.59. The summed E-state index contributed by atoms with van der Waals surface area (Å²) in [5.41, 5.74) is 2.76. The second-order valence-corrected chi connectivity index (χ2v) is 5.46. The van der Waals surface area contributed by atoms with Crippen LogP contribution in [-0.2, 0) is 0 Å². The number of nitrogens with zero attached hydrogens (tertiary/aromatic N) is 1. The molecule has 18 heavy (non-hydrogen) atoms. The van der Waals surface area contributed by atoms with Gasteiger partial charge in [0.25, 0.3) is 0 Å². The highest BCUT2D eigenvalue weighted by atomic mass is 15.1. The van der Waals surface area contributed by atoms with Gasteiger partial charge in [0.2, 0.25) is 0 Å². The van der Waals surface area contributed by atoms with Crippen molar-refractivity contribution >= 4 is 5.69 Å². The van der Waals surface area contributed by atoms with Crippen molar-refractivity contribution in [1.29, 1.82) is 0 Å². The summed E-state index contributed by atoms with van der Waals surface area (Å²) >= 11 is 0. The predicted molar refractivity (Wildman–Crippen MR) is 79.1 cm³/mol. The molecule has 1 aliphatic heterocycles. The smallest absolute Gasteiger partial charge is 0.0366 e. The Balaban J connectivity index is 2.04. The molecule has 1 aliphatic rings. The highest BCUT2D eigenvalue weighted by molar-refractivity contribution is 5.48. The number of anilines is 1. The summed E-state index contributed by atoms with van der Waals surface area (Å²) in [5.74, 6) is 0.884. The van der Waals surface area contributed by atoms with Crippen molar-refractivity contribution < 1.29 is 0 Å². The van der Waals surface area contributed by atoms with Crippen LogP contribution in [0.5, 0.6) is 0 Å². The first-order valence-electron chi connectivity index (χ1n) is 7.26. The lowest BCUT2D eigenvalue weighted by Gasteiger charge is -2.34. The third-order valence-electron chi connectivity index (χ3n) is 4.29. The molecule has 2 unspecified atom stereocenters. The average molecular weight is 246 g/mol. The summed E-state index contributed by atoms with van der Waals surface area (Å²) in [7, 11) is 2.01. The van der Waals surface area contributed by atoms with Crippen LogP contribution in [0.2, 0.25) is 0 Å². The molecule has 1 aromatic rings. The van der Waals surface area contributed by atoms with Gasteiger partial charge >= 0.3 is 0 Å². The molecule has 1 fully saturated rings. The van der Waals surface area contributed by atoms with Crippen molar-refractivity contribution in [3.05, 3.63) is 29.8 Å². The number of nitrogens with one attached hydrogen (secondary N) is 1. The minimum atomic E-state index is 0.434. The molecule has 2 rings (SSSR count). The van der Waals surface area contributed by atoms with E-state index in [1.807, 2.05) is 7.05 Å². The van der Waals surface area contributed by atoms with Crippen molar-refractivity contribution in [2.75, 3.05) is 25.0 Å². The fourth-order valence-corrected chi connectivity index (χ4v) is 2.77. The zero-order chi connectivity index (χ0) is 13.0. The van der Waals surface area contributed by atoms with Gasteiger partial charge in [-0.15, -0.1) is 0 Å². The summed E-state index contributed by atoms with van der Waals surface area (Å²) in [6, 6.07) is 9.50. The fraction of sp³-hybridized carbons (Fsp3) is 0.625. The molecule has 2 heteroatoms. The Morgan fingerprint density at radius 2 is 2.06 bits per heavy atom.